The number of ether oxygens (including phenoxy) is 3. The molecule has 0 radical (unpaired) electrons. The minimum absolute atomic E-state index is 0.0732. The molecule has 0 amide bonds. The molecular weight excluding hydrogens is 396 g/mol. The fourth-order valence-corrected chi connectivity index (χ4v) is 4.28. The third-order valence-electron chi connectivity index (χ3n) is 6.84. The van der Waals surface area contributed by atoms with Crippen LogP contribution in [0.25, 0.3) is 0 Å². The fourth-order valence-electron chi connectivity index (χ4n) is 4.28. The zero-order valence-electron chi connectivity index (χ0n) is 20.3. The monoisotopic (exact) mass is 436 g/mol. The van der Waals surface area contributed by atoms with Gasteiger partial charge in [0.1, 0.15) is 18.3 Å². The van der Waals surface area contributed by atoms with Gasteiger partial charge in [0.15, 0.2) is 0 Å². The van der Waals surface area contributed by atoms with Crippen molar-refractivity contribution in [1.29, 1.82) is 0 Å². The highest BCUT2D eigenvalue weighted by molar-refractivity contribution is 5.87. The highest BCUT2D eigenvalue weighted by atomic mass is 16.6. The van der Waals surface area contributed by atoms with Gasteiger partial charge in [-0.15, -0.1) is 0 Å². The smallest absolute Gasteiger partial charge is 0.333 e. The predicted octanol–water partition coefficient (Wildman–Crippen LogP) is 4.35. The summed E-state index contributed by atoms with van der Waals surface area (Å²) < 4.78 is 18.1. The minimum Gasteiger partial charge on any atom is -0.459 e. The Bertz CT molecular complexity index is 722. The molecule has 1 heterocycles. The lowest BCUT2D eigenvalue weighted by Crippen LogP contribution is -2.46. The van der Waals surface area contributed by atoms with Crippen LogP contribution in [0, 0.1) is 17.8 Å². The average Bonchev–Trinajstić information content (AvgIpc) is 3.35. The van der Waals surface area contributed by atoms with Gasteiger partial charge in [0.05, 0.1) is 17.6 Å². The van der Waals surface area contributed by atoms with Crippen molar-refractivity contribution < 1.29 is 28.9 Å². The number of allylic oxidation sites excluding steroid dienone is 2. The molecule has 0 saturated carbocycles. The molecule has 1 saturated heterocycles. The van der Waals surface area contributed by atoms with E-state index in [2.05, 4.69) is 19.9 Å². The summed E-state index contributed by atoms with van der Waals surface area (Å²) in [4.78, 5) is 25.5. The van der Waals surface area contributed by atoms with E-state index < -0.39 is 30.2 Å². The summed E-state index contributed by atoms with van der Waals surface area (Å²) >= 11 is 0. The molecule has 7 atom stereocenters. The first-order chi connectivity index (χ1) is 14.4. The Labute approximate surface area is 187 Å². The first kappa shape index (κ1) is 25.6. The number of aliphatic hydroxyl groups excluding tert-OH is 1. The zero-order chi connectivity index (χ0) is 23.5. The molecule has 31 heavy (non-hydrogen) atoms. The Morgan fingerprint density at radius 1 is 1.26 bits per heavy atom. The van der Waals surface area contributed by atoms with E-state index in [0.717, 1.165) is 18.4 Å². The molecule has 2 rings (SSSR count). The summed E-state index contributed by atoms with van der Waals surface area (Å²) in [6.45, 7) is 15.0. The topological polar surface area (TPSA) is 85.4 Å². The lowest BCUT2D eigenvalue weighted by Gasteiger charge is -2.36. The summed E-state index contributed by atoms with van der Waals surface area (Å²) in [6.07, 6.45) is 4.10. The fraction of sp³-hybridized carbons (Fsp3) is 0.760. The lowest BCUT2D eigenvalue weighted by atomic mass is 9.78. The van der Waals surface area contributed by atoms with Crippen LogP contribution >= 0.6 is 0 Å². The van der Waals surface area contributed by atoms with Gasteiger partial charge in [0.2, 0.25) is 0 Å². The second-order valence-corrected chi connectivity index (χ2v) is 9.81. The van der Waals surface area contributed by atoms with Crippen molar-refractivity contribution in [2.45, 2.75) is 105 Å². The lowest BCUT2D eigenvalue weighted by molar-refractivity contribution is -0.169. The number of hydrogen-bond acceptors (Lipinski definition) is 6. The SMILES string of the molecule is C/C=C(\C)C(=O)O[C@@H]1C/C(C)=C/CC[C@@]2(C)O[C@@H]2[C@@H](OC(=O)C(C)C(C)O)[C@H]1C(C)C. The normalized spacial score (nSPS) is 35.3. The first-order valence-corrected chi connectivity index (χ1v) is 11.5. The van der Waals surface area contributed by atoms with Crippen LogP contribution in [-0.2, 0) is 23.8 Å². The molecule has 1 aliphatic heterocycles. The second kappa shape index (κ2) is 10.3. The highest BCUT2D eigenvalue weighted by Crippen LogP contribution is 2.48. The molecule has 0 bridgehead atoms. The van der Waals surface area contributed by atoms with Crippen LogP contribution in [0.1, 0.15) is 74.7 Å². The van der Waals surface area contributed by atoms with E-state index in [-0.39, 0.29) is 29.5 Å². The van der Waals surface area contributed by atoms with Crippen LogP contribution < -0.4 is 0 Å². The molecule has 1 N–H and O–H groups in total. The van der Waals surface area contributed by atoms with Crippen molar-refractivity contribution in [3.8, 4) is 0 Å². The van der Waals surface area contributed by atoms with Gasteiger partial charge < -0.3 is 19.3 Å². The Kier molecular flexibility index (Phi) is 8.51. The van der Waals surface area contributed by atoms with Crippen LogP contribution in [0.4, 0.5) is 0 Å². The molecule has 0 aromatic carbocycles. The molecule has 1 aliphatic carbocycles. The minimum atomic E-state index is -0.813. The Balaban J connectivity index is 2.45. The van der Waals surface area contributed by atoms with Gasteiger partial charge in [-0.2, -0.15) is 0 Å². The summed E-state index contributed by atoms with van der Waals surface area (Å²) in [6, 6.07) is 0. The number of rotatable bonds is 6. The number of carbonyl (C=O) groups excluding carboxylic acids is 2. The van der Waals surface area contributed by atoms with Gasteiger partial charge in [-0.25, -0.2) is 4.79 Å². The van der Waals surface area contributed by atoms with E-state index >= 15 is 0 Å². The van der Waals surface area contributed by atoms with Crippen LogP contribution in [0.3, 0.4) is 0 Å². The van der Waals surface area contributed by atoms with E-state index in [1.54, 1.807) is 33.8 Å². The molecule has 176 valence electrons. The van der Waals surface area contributed by atoms with Crippen LogP contribution in [0.15, 0.2) is 23.3 Å². The maximum atomic E-state index is 12.8. The third-order valence-corrected chi connectivity index (χ3v) is 6.84. The molecular formula is C25H40O6. The van der Waals surface area contributed by atoms with Gasteiger partial charge in [0.25, 0.3) is 0 Å². The number of hydrogen-bond donors (Lipinski definition) is 1. The van der Waals surface area contributed by atoms with Crippen molar-refractivity contribution in [3.63, 3.8) is 0 Å². The standard InChI is InChI=1S/C25H40O6/c1-9-16(5)23(27)29-19-13-15(4)11-10-12-25(8)22(31-25)21(20(19)14(2)3)30-24(28)17(6)18(7)26/h9,11,14,17-22,26H,10,12-13H2,1-8H3/b15-11+,16-9+/t17?,18?,19-,20+,21+,22-,25-/m1/s1. The quantitative estimate of drug-likeness (QED) is 0.288. The molecule has 1 fully saturated rings. The predicted molar refractivity (Wildman–Crippen MR) is 119 cm³/mol. The van der Waals surface area contributed by atoms with Crippen molar-refractivity contribution in [3.05, 3.63) is 23.3 Å². The molecule has 2 aliphatic rings. The number of aliphatic hydroxyl groups is 1. The average molecular weight is 437 g/mol. The summed E-state index contributed by atoms with van der Waals surface area (Å²) in [5, 5.41) is 9.88. The molecule has 6 nitrogen and oxygen atoms in total. The van der Waals surface area contributed by atoms with Crippen molar-refractivity contribution in [2.24, 2.45) is 17.8 Å². The Hall–Kier alpha value is -1.66. The number of fused-ring (bicyclic) bond motifs is 1. The van der Waals surface area contributed by atoms with E-state index in [0.29, 0.717) is 12.0 Å². The van der Waals surface area contributed by atoms with Crippen LogP contribution in [0.2, 0.25) is 0 Å². The maximum absolute atomic E-state index is 12.8. The van der Waals surface area contributed by atoms with E-state index in [1.807, 2.05) is 13.8 Å². The molecule has 0 aromatic rings. The number of epoxide rings is 1. The maximum Gasteiger partial charge on any atom is 0.333 e. The van der Waals surface area contributed by atoms with E-state index in [1.165, 1.54) is 0 Å². The third kappa shape index (κ3) is 6.19. The van der Waals surface area contributed by atoms with Crippen LogP contribution in [0.5, 0.6) is 0 Å². The van der Waals surface area contributed by atoms with E-state index in [4.69, 9.17) is 14.2 Å². The number of esters is 2. The largest absolute Gasteiger partial charge is 0.459 e. The molecule has 0 aromatic heterocycles. The molecule has 2 unspecified atom stereocenters. The Morgan fingerprint density at radius 2 is 1.90 bits per heavy atom. The van der Waals surface area contributed by atoms with Crippen molar-refractivity contribution >= 4 is 11.9 Å². The van der Waals surface area contributed by atoms with Gasteiger partial charge in [-0.1, -0.05) is 31.6 Å². The molecule has 6 heteroatoms. The van der Waals surface area contributed by atoms with Crippen molar-refractivity contribution in [2.75, 3.05) is 0 Å². The Morgan fingerprint density at radius 3 is 2.45 bits per heavy atom. The molecule has 0 spiro atoms. The van der Waals surface area contributed by atoms with Crippen molar-refractivity contribution in [1.82, 2.24) is 0 Å². The van der Waals surface area contributed by atoms with Gasteiger partial charge in [0, 0.05) is 17.9 Å². The summed E-state index contributed by atoms with van der Waals surface area (Å²) in [5.41, 5.74) is 1.31. The highest BCUT2D eigenvalue weighted by Gasteiger charge is 2.60. The zero-order valence-corrected chi connectivity index (χ0v) is 20.3. The van der Waals surface area contributed by atoms with Gasteiger partial charge in [-0.05, 0) is 60.3 Å². The second-order valence-electron chi connectivity index (χ2n) is 9.81. The van der Waals surface area contributed by atoms with Crippen LogP contribution in [-0.4, -0.2) is 47.1 Å². The first-order valence-electron chi connectivity index (χ1n) is 11.5. The van der Waals surface area contributed by atoms with Gasteiger partial charge >= 0.3 is 11.9 Å². The summed E-state index contributed by atoms with van der Waals surface area (Å²) in [5.74, 6) is -1.63. The summed E-state index contributed by atoms with van der Waals surface area (Å²) in [7, 11) is 0. The van der Waals surface area contributed by atoms with Gasteiger partial charge in [-0.3, -0.25) is 4.79 Å². The number of carbonyl (C=O) groups is 2. The van der Waals surface area contributed by atoms with E-state index in [9.17, 15) is 14.7 Å².